The molecule has 5 heteroatoms. The number of hydrogen-bond donors (Lipinski definition) is 2. The summed E-state index contributed by atoms with van der Waals surface area (Å²) in [7, 11) is 0. The number of nitrogens with two attached hydrogens (primary N) is 1. The Morgan fingerprint density at radius 2 is 2.14 bits per heavy atom. The van der Waals surface area contributed by atoms with E-state index in [9.17, 15) is 4.79 Å². The van der Waals surface area contributed by atoms with Gasteiger partial charge in [0.05, 0.1) is 6.61 Å². The molecule has 0 spiro atoms. The highest BCUT2D eigenvalue weighted by Crippen LogP contribution is 2.25. The minimum Gasteiger partial charge on any atom is -0.494 e. The average molecular weight is 291 g/mol. The Morgan fingerprint density at radius 3 is 2.76 bits per heavy atom. The molecule has 0 aromatic heterocycles. The normalized spacial score (nSPS) is 14.2. The number of ether oxygens (including phenoxy) is 1. The second-order valence-corrected chi connectivity index (χ2v) is 5.34. The van der Waals surface area contributed by atoms with Gasteiger partial charge in [-0.1, -0.05) is 6.92 Å². The first kappa shape index (κ1) is 15.6. The lowest BCUT2D eigenvalue weighted by Gasteiger charge is -2.19. The predicted octanol–water partition coefficient (Wildman–Crippen LogP) is 1.88. The van der Waals surface area contributed by atoms with E-state index in [-0.39, 0.29) is 5.91 Å². The molecule has 116 valence electrons. The van der Waals surface area contributed by atoms with Crippen LogP contribution in [0.5, 0.6) is 5.75 Å². The van der Waals surface area contributed by atoms with Crippen molar-refractivity contribution in [2.45, 2.75) is 32.7 Å². The first-order chi connectivity index (χ1) is 10.1. The van der Waals surface area contributed by atoms with E-state index in [4.69, 9.17) is 10.5 Å². The molecular weight excluding hydrogens is 266 g/mol. The fourth-order valence-electron chi connectivity index (χ4n) is 2.46. The lowest BCUT2D eigenvalue weighted by molar-refractivity contribution is 0.0947. The van der Waals surface area contributed by atoms with Crippen molar-refractivity contribution in [1.29, 1.82) is 0 Å². The van der Waals surface area contributed by atoms with E-state index >= 15 is 0 Å². The molecule has 1 aromatic carbocycles. The second-order valence-electron chi connectivity index (χ2n) is 5.34. The van der Waals surface area contributed by atoms with Crippen molar-refractivity contribution in [3.8, 4) is 5.75 Å². The van der Waals surface area contributed by atoms with Gasteiger partial charge in [-0.25, -0.2) is 0 Å². The zero-order valence-electron chi connectivity index (χ0n) is 12.9. The van der Waals surface area contributed by atoms with E-state index in [0.29, 0.717) is 30.2 Å². The average Bonchev–Trinajstić information content (AvgIpc) is 3.27. The number of nitrogens with zero attached hydrogens (tertiary/aromatic N) is 1. The Labute approximate surface area is 126 Å². The number of nitrogens with one attached hydrogen (secondary N) is 1. The van der Waals surface area contributed by atoms with Crippen LogP contribution in [0, 0.1) is 0 Å². The molecule has 0 saturated heterocycles. The number of hydrogen-bond acceptors (Lipinski definition) is 4. The monoisotopic (exact) mass is 291 g/mol. The summed E-state index contributed by atoms with van der Waals surface area (Å²) in [4.78, 5) is 14.6. The SMILES string of the molecule is CCOc1cc(N)cc(C(=O)NCCN(CC)C2CC2)c1. The summed E-state index contributed by atoms with van der Waals surface area (Å²) in [5, 5.41) is 2.95. The number of anilines is 1. The third-order valence-electron chi connectivity index (χ3n) is 3.66. The minimum absolute atomic E-state index is 0.102. The molecule has 5 nitrogen and oxygen atoms in total. The third kappa shape index (κ3) is 4.63. The van der Waals surface area contributed by atoms with E-state index < -0.39 is 0 Å². The molecule has 3 N–H and O–H groups in total. The standard InChI is InChI=1S/C16H25N3O2/c1-3-19(14-5-6-14)8-7-18-16(20)12-9-13(17)11-15(10-12)21-4-2/h9-11,14H,3-8,17H2,1-2H3,(H,18,20). The molecule has 1 saturated carbocycles. The van der Waals surface area contributed by atoms with Crippen LogP contribution in [-0.4, -0.2) is 43.1 Å². The van der Waals surface area contributed by atoms with Crippen LogP contribution < -0.4 is 15.8 Å². The summed E-state index contributed by atoms with van der Waals surface area (Å²) in [5.74, 6) is 0.533. The maximum atomic E-state index is 12.2. The van der Waals surface area contributed by atoms with Gasteiger partial charge in [0, 0.05) is 36.4 Å². The summed E-state index contributed by atoms with van der Waals surface area (Å²) >= 11 is 0. The number of amides is 1. The summed E-state index contributed by atoms with van der Waals surface area (Å²) in [6, 6.07) is 5.86. The summed E-state index contributed by atoms with van der Waals surface area (Å²) in [6.07, 6.45) is 2.57. The van der Waals surface area contributed by atoms with Crippen LogP contribution in [0.25, 0.3) is 0 Å². The van der Waals surface area contributed by atoms with Crippen molar-refractivity contribution in [3.63, 3.8) is 0 Å². The van der Waals surface area contributed by atoms with Crippen molar-refractivity contribution >= 4 is 11.6 Å². The maximum Gasteiger partial charge on any atom is 0.251 e. The number of carbonyl (C=O) groups excluding carboxylic acids is 1. The smallest absolute Gasteiger partial charge is 0.251 e. The molecule has 1 aromatic rings. The molecule has 21 heavy (non-hydrogen) atoms. The highest BCUT2D eigenvalue weighted by molar-refractivity contribution is 5.95. The van der Waals surface area contributed by atoms with Crippen LogP contribution in [0.15, 0.2) is 18.2 Å². The van der Waals surface area contributed by atoms with Gasteiger partial charge in [0.2, 0.25) is 0 Å². The quantitative estimate of drug-likeness (QED) is 0.718. The molecule has 0 unspecified atom stereocenters. The number of rotatable bonds is 8. The molecule has 0 radical (unpaired) electrons. The fraction of sp³-hybridized carbons (Fsp3) is 0.562. The summed E-state index contributed by atoms with van der Waals surface area (Å²) < 4.78 is 5.41. The lowest BCUT2D eigenvalue weighted by atomic mass is 10.1. The summed E-state index contributed by atoms with van der Waals surface area (Å²) in [6.45, 7) is 7.20. The van der Waals surface area contributed by atoms with Gasteiger partial charge in [-0.3, -0.25) is 9.69 Å². The molecule has 0 atom stereocenters. The zero-order chi connectivity index (χ0) is 15.2. The molecule has 0 heterocycles. The van der Waals surface area contributed by atoms with Gasteiger partial charge in [0.25, 0.3) is 5.91 Å². The van der Waals surface area contributed by atoms with Crippen molar-refractivity contribution in [3.05, 3.63) is 23.8 Å². The number of carbonyl (C=O) groups is 1. The lowest BCUT2D eigenvalue weighted by Crippen LogP contribution is -2.36. The Hall–Kier alpha value is -1.75. The molecule has 1 amide bonds. The van der Waals surface area contributed by atoms with Crippen molar-refractivity contribution in [2.24, 2.45) is 0 Å². The van der Waals surface area contributed by atoms with Gasteiger partial charge in [0.15, 0.2) is 0 Å². The molecule has 1 aliphatic carbocycles. The van der Waals surface area contributed by atoms with Crippen LogP contribution in [0.4, 0.5) is 5.69 Å². The first-order valence-corrected chi connectivity index (χ1v) is 7.69. The zero-order valence-corrected chi connectivity index (χ0v) is 12.9. The highest BCUT2D eigenvalue weighted by atomic mass is 16.5. The van der Waals surface area contributed by atoms with Crippen molar-refractivity contribution in [1.82, 2.24) is 10.2 Å². The van der Waals surface area contributed by atoms with E-state index in [2.05, 4.69) is 17.1 Å². The summed E-state index contributed by atoms with van der Waals surface area (Å²) in [5.41, 5.74) is 6.90. The van der Waals surface area contributed by atoms with Gasteiger partial charge in [-0.05, 0) is 38.4 Å². The van der Waals surface area contributed by atoms with Gasteiger partial charge in [0.1, 0.15) is 5.75 Å². The molecule has 1 aliphatic rings. The number of nitrogen functional groups attached to an aromatic ring is 1. The predicted molar refractivity (Wildman–Crippen MR) is 84.6 cm³/mol. The molecular formula is C16H25N3O2. The van der Waals surface area contributed by atoms with Crippen LogP contribution in [0.2, 0.25) is 0 Å². The van der Waals surface area contributed by atoms with E-state index in [1.165, 1.54) is 12.8 Å². The first-order valence-electron chi connectivity index (χ1n) is 7.69. The third-order valence-corrected chi connectivity index (χ3v) is 3.66. The van der Waals surface area contributed by atoms with Gasteiger partial charge < -0.3 is 15.8 Å². The van der Waals surface area contributed by atoms with Gasteiger partial charge in [-0.15, -0.1) is 0 Å². The molecule has 1 fully saturated rings. The Kier molecular flexibility index (Phi) is 5.44. The van der Waals surface area contributed by atoms with E-state index in [1.807, 2.05) is 6.92 Å². The minimum atomic E-state index is -0.102. The second kappa shape index (κ2) is 7.31. The van der Waals surface area contributed by atoms with Gasteiger partial charge >= 0.3 is 0 Å². The van der Waals surface area contributed by atoms with Crippen LogP contribution in [0.3, 0.4) is 0 Å². The maximum absolute atomic E-state index is 12.2. The Balaban J connectivity index is 1.87. The topological polar surface area (TPSA) is 67.6 Å². The largest absolute Gasteiger partial charge is 0.494 e. The molecule has 0 bridgehead atoms. The van der Waals surface area contributed by atoms with E-state index in [1.54, 1.807) is 18.2 Å². The number of benzene rings is 1. The molecule has 0 aliphatic heterocycles. The Bertz CT molecular complexity index is 486. The number of likely N-dealkylation sites (N-methyl/N-ethyl adjacent to an activating group) is 1. The fourth-order valence-corrected chi connectivity index (χ4v) is 2.46. The van der Waals surface area contributed by atoms with Crippen LogP contribution >= 0.6 is 0 Å². The van der Waals surface area contributed by atoms with Crippen LogP contribution in [0.1, 0.15) is 37.0 Å². The highest BCUT2D eigenvalue weighted by Gasteiger charge is 2.27. The van der Waals surface area contributed by atoms with Gasteiger partial charge in [-0.2, -0.15) is 0 Å². The Morgan fingerprint density at radius 1 is 1.38 bits per heavy atom. The van der Waals surface area contributed by atoms with Crippen LogP contribution in [-0.2, 0) is 0 Å². The van der Waals surface area contributed by atoms with E-state index in [0.717, 1.165) is 19.1 Å². The van der Waals surface area contributed by atoms with Crippen molar-refractivity contribution in [2.75, 3.05) is 32.0 Å². The van der Waals surface area contributed by atoms with Crippen molar-refractivity contribution < 1.29 is 9.53 Å². The molecule has 2 rings (SSSR count).